The molecule has 1 N–H and O–H groups in total. The van der Waals surface area contributed by atoms with Gasteiger partial charge in [-0.05, 0) is 48.7 Å². The maximum Gasteiger partial charge on any atom is 0.230 e. The first kappa shape index (κ1) is 21.9. The van der Waals surface area contributed by atoms with Crippen LogP contribution < -0.4 is 5.32 Å². The summed E-state index contributed by atoms with van der Waals surface area (Å²) in [5.41, 5.74) is 5.66. The van der Waals surface area contributed by atoms with Crippen LogP contribution in [0.4, 0.5) is 0 Å². The minimum absolute atomic E-state index is 0.0293. The summed E-state index contributed by atoms with van der Waals surface area (Å²) < 4.78 is 4.18. The fraction of sp³-hybridized carbons (Fsp3) is 0.240. The van der Waals surface area contributed by atoms with Gasteiger partial charge in [0.15, 0.2) is 5.16 Å². The molecule has 4 aromatic rings. The number of aryl methyl sites for hydroxylation is 2. The van der Waals surface area contributed by atoms with Crippen molar-refractivity contribution >= 4 is 17.7 Å². The van der Waals surface area contributed by atoms with E-state index in [9.17, 15) is 4.79 Å². The van der Waals surface area contributed by atoms with Gasteiger partial charge in [-0.3, -0.25) is 9.36 Å². The van der Waals surface area contributed by atoms with Gasteiger partial charge in [-0.1, -0.05) is 54.2 Å². The van der Waals surface area contributed by atoms with Crippen LogP contribution in [0.1, 0.15) is 28.2 Å². The van der Waals surface area contributed by atoms with Crippen molar-refractivity contribution in [2.24, 2.45) is 7.05 Å². The molecule has 0 atom stereocenters. The summed E-state index contributed by atoms with van der Waals surface area (Å²) in [6.45, 7) is 4.73. The van der Waals surface area contributed by atoms with Crippen molar-refractivity contribution in [2.75, 3.05) is 5.75 Å². The molecule has 164 valence electrons. The summed E-state index contributed by atoms with van der Waals surface area (Å²) in [5, 5.41) is 12.6. The standard InChI is InChI=1S/C25H27N5OS/c1-18-9-7-13-22(19(18)2)30-23(15-21-12-8-14-29(21)3)27-28-25(30)32-17-24(31)26-16-20-10-5-4-6-11-20/h4-14H,15-17H2,1-3H3,(H,26,31). The molecule has 1 amide bonds. The van der Waals surface area contributed by atoms with Gasteiger partial charge in [-0.25, -0.2) is 0 Å². The zero-order valence-electron chi connectivity index (χ0n) is 18.6. The highest BCUT2D eigenvalue weighted by atomic mass is 32.2. The minimum Gasteiger partial charge on any atom is -0.354 e. The topological polar surface area (TPSA) is 64.7 Å². The Bertz CT molecular complexity index is 1210. The molecule has 0 saturated heterocycles. The van der Waals surface area contributed by atoms with Crippen LogP contribution in [0.3, 0.4) is 0 Å². The summed E-state index contributed by atoms with van der Waals surface area (Å²) >= 11 is 1.41. The summed E-state index contributed by atoms with van der Waals surface area (Å²) in [6.07, 6.45) is 2.69. The second-order valence-electron chi connectivity index (χ2n) is 7.79. The fourth-order valence-corrected chi connectivity index (χ4v) is 4.34. The van der Waals surface area contributed by atoms with Crippen LogP contribution in [0.2, 0.25) is 0 Å². The average Bonchev–Trinajstić information content (AvgIpc) is 3.39. The van der Waals surface area contributed by atoms with Gasteiger partial charge in [0.2, 0.25) is 5.91 Å². The Hall–Kier alpha value is -3.32. The third-order valence-electron chi connectivity index (χ3n) is 5.57. The Kier molecular flexibility index (Phi) is 6.75. The van der Waals surface area contributed by atoms with Gasteiger partial charge in [-0.2, -0.15) is 0 Å². The van der Waals surface area contributed by atoms with Gasteiger partial charge in [0, 0.05) is 31.9 Å². The van der Waals surface area contributed by atoms with Crippen LogP contribution >= 0.6 is 11.8 Å². The molecule has 2 aromatic carbocycles. The molecule has 0 bridgehead atoms. The number of carbonyl (C=O) groups excluding carboxylic acids is 1. The summed E-state index contributed by atoms with van der Waals surface area (Å²) in [4.78, 5) is 12.5. The van der Waals surface area contributed by atoms with E-state index in [4.69, 9.17) is 0 Å². The Labute approximate surface area is 192 Å². The maximum absolute atomic E-state index is 12.5. The van der Waals surface area contributed by atoms with Crippen LogP contribution in [0.5, 0.6) is 0 Å². The highest BCUT2D eigenvalue weighted by Crippen LogP contribution is 2.27. The molecular formula is C25H27N5OS. The molecule has 2 heterocycles. The van der Waals surface area contributed by atoms with Crippen LogP contribution in [0.25, 0.3) is 5.69 Å². The number of aromatic nitrogens is 4. The third kappa shape index (κ3) is 4.94. The van der Waals surface area contributed by atoms with Crippen LogP contribution in [-0.4, -0.2) is 31.0 Å². The zero-order valence-corrected chi connectivity index (χ0v) is 19.4. The Morgan fingerprint density at radius 2 is 1.81 bits per heavy atom. The number of rotatable bonds is 8. The van der Waals surface area contributed by atoms with Crippen molar-refractivity contribution in [2.45, 2.75) is 32.0 Å². The average molecular weight is 446 g/mol. The lowest BCUT2D eigenvalue weighted by Crippen LogP contribution is -2.24. The van der Waals surface area contributed by atoms with Gasteiger partial charge < -0.3 is 9.88 Å². The van der Waals surface area contributed by atoms with E-state index in [1.54, 1.807) is 0 Å². The molecule has 0 saturated carbocycles. The van der Waals surface area contributed by atoms with E-state index in [2.05, 4.69) is 56.7 Å². The molecular weight excluding hydrogens is 418 g/mol. The van der Waals surface area contributed by atoms with Crippen molar-refractivity contribution in [3.8, 4) is 5.69 Å². The molecule has 0 spiro atoms. The molecule has 0 fully saturated rings. The highest BCUT2D eigenvalue weighted by Gasteiger charge is 2.18. The third-order valence-corrected chi connectivity index (χ3v) is 6.50. The van der Waals surface area contributed by atoms with Gasteiger partial charge in [-0.15, -0.1) is 10.2 Å². The second-order valence-corrected chi connectivity index (χ2v) is 8.73. The van der Waals surface area contributed by atoms with E-state index in [0.29, 0.717) is 13.0 Å². The maximum atomic E-state index is 12.5. The lowest BCUT2D eigenvalue weighted by atomic mass is 10.1. The van der Waals surface area contributed by atoms with Gasteiger partial charge in [0.1, 0.15) is 5.82 Å². The zero-order chi connectivity index (χ0) is 22.5. The van der Waals surface area contributed by atoms with E-state index in [1.807, 2.05) is 55.7 Å². The summed E-state index contributed by atoms with van der Waals surface area (Å²) in [6, 6.07) is 20.3. The predicted molar refractivity (Wildman–Crippen MR) is 128 cm³/mol. The molecule has 4 rings (SSSR count). The van der Waals surface area contributed by atoms with Crippen molar-refractivity contribution in [1.82, 2.24) is 24.6 Å². The van der Waals surface area contributed by atoms with E-state index >= 15 is 0 Å². The predicted octanol–water partition coefficient (Wildman–Crippen LogP) is 4.22. The van der Waals surface area contributed by atoms with E-state index < -0.39 is 0 Å². The monoisotopic (exact) mass is 445 g/mol. The number of hydrogen-bond acceptors (Lipinski definition) is 4. The molecule has 0 radical (unpaired) electrons. The van der Waals surface area contributed by atoms with Crippen LogP contribution in [0, 0.1) is 13.8 Å². The highest BCUT2D eigenvalue weighted by molar-refractivity contribution is 7.99. The van der Waals surface area contributed by atoms with Crippen LogP contribution in [0.15, 0.2) is 72.0 Å². The number of nitrogens with zero attached hydrogens (tertiary/aromatic N) is 4. The number of benzene rings is 2. The number of hydrogen-bond donors (Lipinski definition) is 1. The quantitative estimate of drug-likeness (QED) is 0.413. The molecule has 0 unspecified atom stereocenters. The number of carbonyl (C=O) groups is 1. The van der Waals surface area contributed by atoms with Crippen LogP contribution in [-0.2, 0) is 24.8 Å². The molecule has 2 aromatic heterocycles. The lowest BCUT2D eigenvalue weighted by Gasteiger charge is -2.14. The second kappa shape index (κ2) is 9.87. The summed E-state index contributed by atoms with van der Waals surface area (Å²) in [5.74, 6) is 1.10. The first-order valence-corrected chi connectivity index (χ1v) is 11.6. The van der Waals surface area contributed by atoms with Gasteiger partial charge in [0.25, 0.3) is 0 Å². The minimum atomic E-state index is -0.0293. The summed E-state index contributed by atoms with van der Waals surface area (Å²) in [7, 11) is 2.03. The van der Waals surface area contributed by atoms with Crippen molar-refractivity contribution < 1.29 is 4.79 Å². The number of amides is 1. The van der Waals surface area contributed by atoms with Crippen molar-refractivity contribution in [3.63, 3.8) is 0 Å². The van der Waals surface area contributed by atoms with Gasteiger partial charge in [0.05, 0.1) is 11.4 Å². The molecule has 32 heavy (non-hydrogen) atoms. The van der Waals surface area contributed by atoms with Crippen molar-refractivity contribution in [3.05, 3.63) is 95.1 Å². The SMILES string of the molecule is Cc1cccc(-n2c(Cc3cccn3C)nnc2SCC(=O)NCc2ccccc2)c1C. The van der Waals surface area contributed by atoms with E-state index in [-0.39, 0.29) is 11.7 Å². The first-order chi connectivity index (χ1) is 15.5. The molecule has 0 aliphatic carbocycles. The molecule has 6 nitrogen and oxygen atoms in total. The first-order valence-electron chi connectivity index (χ1n) is 10.6. The number of thioether (sulfide) groups is 1. The molecule has 7 heteroatoms. The lowest BCUT2D eigenvalue weighted by molar-refractivity contribution is -0.118. The Balaban J connectivity index is 1.55. The van der Waals surface area contributed by atoms with E-state index in [1.165, 1.54) is 22.9 Å². The smallest absolute Gasteiger partial charge is 0.230 e. The Morgan fingerprint density at radius 3 is 2.56 bits per heavy atom. The van der Waals surface area contributed by atoms with Crippen molar-refractivity contribution in [1.29, 1.82) is 0 Å². The molecule has 0 aliphatic heterocycles. The normalized spacial score (nSPS) is 11.0. The number of nitrogens with one attached hydrogen (secondary N) is 1. The Morgan fingerprint density at radius 1 is 1.00 bits per heavy atom. The van der Waals surface area contributed by atoms with Gasteiger partial charge >= 0.3 is 0 Å². The fourth-order valence-electron chi connectivity index (χ4n) is 3.55. The molecule has 0 aliphatic rings. The van der Waals surface area contributed by atoms with E-state index in [0.717, 1.165) is 27.9 Å². The largest absolute Gasteiger partial charge is 0.354 e.